The molecule has 0 bridgehead atoms. The standard InChI is InChI=1S/C15H31NO4/c1-4-15(5-2)10-13(6-7-20-15)16-11-14(17)12-19-9-8-18-3/h13-14,16-17H,4-12H2,1-3H3. The Labute approximate surface area is 123 Å². The van der Waals surface area contributed by atoms with Crippen molar-refractivity contribution in [3.63, 3.8) is 0 Å². The molecule has 0 spiro atoms. The van der Waals surface area contributed by atoms with Gasteiger partial charge in [-0.05, 0) is 25.7 Å². The van der Waals surface area contributed by atoms with Crippen molar-refractivity contribution in [3.05, 3.63) is 0 Å². The van der Waals surface area contributed by atoms with Crippen LogP contribution in [0.25, 0.3) is 0 Å². The Morgan fingerprint density at radius 1 is 1.35 bits per heavy atom. The van der Waals surface area contributed by atoms with Crippen molar-refractivity contribution in [1.82, 2.24) is 5.32 Å². The molecule has 0 radical (unpaired) electrons. The molecule has 120 valence electrons. The SMILES string of the molecule is CCC1(CC)CC(NCC(O)COCCOC)CCO1. The minimum absolute atomic E-state index is 0.0236. The first-order valence-electron chi connectivity index (χ1n) is 7.78. The number of hydrogen-bond acceptors (Lipinski definition) is 5. The van der Waals surface area contributed by atoms with Crippen molar-refractivity contribution < 1.29 is 19.3 Å². The molecule has 1 saturated heterocycles. The third kappa shape index (κ3) is 6.06. The van der Waals surface area contributed by atoms with E-state index in [4.69, 9.17) is 14.2 Å². The van der Waals surface area contributed by atoms with E-state index in [1.54, 1.807) is 7.11 Å². The number of ether oxygens (including phenoxy) is 3. The van der Waals surface area contributed by atoms with E-state index in [0.717, 1.165) is 32.3 Å². The second-order valence-corrected chi connectivity index (χ2v) is 5.56. The maximum absolute atomic E-state index is 9.86. The first-order chi connectivity index (χ1) is 9.65. The Morgan fingerprint density at radius 3 is 2.75 bits per heavy atom. The van der Waals surface area contributed by atoms with Gasteiger partial charge in [-0.25, -0.2) is 0 Å². The van der Waals surface area contributed by atoms with E-state index >= 15 is 0 Å². The molecule has 0 aliphatic carbocycles. The molecule has 2 atom stereocenters. The van der Waals surface area contributed by atoms with Crippen LogP contribution in [0.4, 0.5) is 0 Å². The third-order valence-corrected chi connectivity index (χ3v) is 4.17. The number of rotatable bonds is 10. The number of methoxy groups -OCH3 is 1. The molecule has 0 aromatic rings. The zero-order valence-electron chi connectivity index (χ0n) is 13.2. The van der Waals surface area contributed by atoms with Crippen LogP contribution in [0.5, 0.6) is 0 Å². The van der Waals surface area contributed by atoms with Gasteiger partial charge in [-0.3, -0.25) is 0 Å². The molecular weight excluding hydrogens is 258 g/mol. The van der Waals surface area contributed by atoms with Crippen LogP contribution in [-0.4, -0.2) is 62.9 Å². The molecule has 2 unspecified atom stereocenters. The molecule has 5 nitrogen and oxygen atoms in total. The van der Waals surface area contributed by atoms with Gasteiger partial charge in [0.1, 0.15) is 0 Å². The lowest BCUT2D eigenvalue weighted by Crippen LogP contribution is -2.48. The number of aliphatic hydroxyl groups excluding tert-OH is 1. The summed E-state index contributed by atoms with van der Waals surface area (Å²) in [6, 6.07) is 0.428. The highest BCUT2D eigenvalue weighted by molar-refractivity contribution is 4.88. The zero-order valence-corrected chi connectivity index (χ0v) is 13.2. The molecule has 20 heavy (non-hydrogen) atoms. The topological polar surface area (TPSA) is 60.0 Å². The predicted octanol–water partition coefficient (Wildman–Crippen LogP) is 1.34. The molecule has 1 aliphatic heterocycles. The van der Waals surface area contributed by atoms with Crippen LogP contribution in [0.1, 0.15) is 39.5 Å². The Balaban J connectivity index is 2.20. The van der Waals surface area contributed by atoms with Crippen LogP contribution in [0, 0.1) is 0 Å². The molecule has 1 aliphatic rings. The molecule has 2 N–H and O–H groups in total. The molecule has 1 rings (SSSR count). The average molecular weight is 289 g/mol. The monoisotopic (exact) mass is 289 g/mol. The number of aliphatic hydroxyl groups is 1. The van der Waals surface area contributed by atoms with Crippen molar-refractivity contribution in [3.8, 4) is 0 Å². The summed E-state index contributed by atoms with van der Waals surface area (Å²) < 4.78 is 16.2. The molecule has 0 amide bonds. The van der Waals surface area contributed by atoms with Gasteiger partial charge in [-0.2, -0.15) is 0 Å². The van der Waals surface area contributed by atoms with Gasteiger partial charge in [0.25, 0.3) is 0 Å². The Morgan fingerprint density at radius 2 is 2.10 bits per heavy atom. The second-order valence-electron chi connectivity index (χ2n) is 5.56. The summed E-state index contributed by atoms with van der Waals surface area (Å²) in [5, 5.41) is 13.3. The van der Waals surface area contributed by atoms with Crippen LogP contribution in [0.2, 0.25) is 0 Å². The molecule has 0 aromatic heterocycles. The van der Waals surface area contributed by atoms with E-state index in [1.165, 1.54) is 0 Å². The lowest BCUT2D eigenvalue weighted by Gasteiger charge is -2.40. The highest BCUT2D eigenvalue weighted by Gasteiger charge is 2.34. The lowest BCUT2D eigenvalue weighted by molar-refractivity contribution is -0.0942. The summed E-state index contributed by atoms with van der Waals surface area (Å²) >= 11 is 0. The van der Waals surface area contributed by atoms with Crippen molar-refractivity contribution in [2.75, 3.05) is 40.1 Å². The lowest BCUT2D eigenvalue weighted by atomic mass is 9.86. The summed E-state index contributed by atoms with van der Waals surface area (Å²) in [6.45, 7) is 7.19. The quantitative estimate of drug-likeness (QED) is 0.594. The summed E-state index contributed by atoms with van der Waals surface area (Å²) in [5.74, 6) is 0. The number of hydrogen-bond donors (Lipinski definition) is 2. The van der Waals surface area contributed by atoms with Crippen molar-refractivity contribution in [2.45, 2.75) is 57.3 Å². The van der Waals surface area contributed by atoms with E-state index in [2.05, 4.69) is 19.2 Å². The second kappa shape index (κ2) is 9.68. The van der Waals surface area contributed by atoms with Crippen LogP contribution in [0.3, 0.4) is 0 Å². The van der Waals surface area contributed by atoms with Gasteiger partial charge in [0.15, 0.2) is 0 Å². The van der Waals surface area contributed by atoms with Crippen molar-refractivity contribution in [2.24, 2.45) is 0 Å². The highest BCUT2D eigenvalue weighted by atomic mass is 16.5. The number of nitrogens with one attached hydrogen (secondary N) is 1. The fourth-order valence-electron chi connectivity index (χ4n) is 2.67. The van der Waals surface area contributed by atoms with Crippen LogP contribution < -0.4 is 5.32 Å². The minimum atomic E-state index is -0.465. The van der Waals surface area contributed by atoms with E-state index < -0.39 is 6.10 Å². The predicted molar refractivity (Wildman–Crippen MR) is 79.0 cm³/mol. The van der Waals surface area contributed by atoms with Gasteiger partial charge in [0.05, 0.1) is 31.5 Å². The van der Waals surface area contributed by atoms with Gasteiger partial charge < -0.3 is 24.6 Å². The maximum atomic E-state index is 9.86. The molecule has 5 heteroatoms. The summed E-state index contributed by atoms with van der Waals surface area (Å²) in [4.78, 5) is 0. The highest BCUT2D eigenvalue weighted by Crippen LogP contribution is 2.31. The molecule has 1 fully saturated rings. The fraction of sp³-hybridized carbons (Fsp3) is 1.00. The van der Waals surface area contributed by atoms with Crippen molar-refractivity contribution >= 4 is 0 Å². The average Bonchev–Trinajstić information content (AvgIpc) is 2.49. The van der Waals surface area contributed by atoms with Crippen molar-refractivity contribution in [1.29, 1.82) is 0 Å². The Bertz CT molecular complexity index is 246. The molecular formula is C15H31NO4. The minimum Gasteiger partial charge on any atom is -0.389 e. The molecule has 0 saturated carbocycles. The summed E-state index contributed by atoms with van der Waals surface area (Å²) in [5.41, 5.74) is 0.0236. The first kappa shape index (κ1) is 17.9. The van der Waals surface area contributed by atoms with E-state index in [9.17, 15) is 5.11 Å². The summed E-state index contributed by atoms with van der Waals surface area (Å²) in [7, 11) is 1.64. The van der Waals surface area contributed by atoms with Crippen LogP contribution in [-0.2, 0) is 14.2 Å². The van der Waals surface area contributed by atoms with Crippen LogP contribution >= 0.6 is 0 Å². The molecule has 0 aromatic carbocycles. The largest absolute Gasteiger partial charge is 0.389 e. The smallest absolute Gasteiger partial charge is 0.0897 e. The molecule has 1 heterocycles. The van der Waals surface area contributed by atoms with E-state index in [0.29, 0.717) is 32.4 Å². The maximum Gasteiger partial charge on any atom is 0.0897 e. The van der Waals surface area contributed by atoms with Gasteiger partial charge in [0.2, 0.25) is 0 Å². The van der Waals surface area contributed by atoms with Gasteiger partial charge >= 0.3 is 0 Å². The van der Waals surface area contributed by atoms with Crippen LogP contribution in [0.15, 0.2) is 0 Å². The Kier molecular flexibility index (Phi) is 8.64. The summed E-state index contributed by atoms with van der Waals surface area (Å²) in [6.07, 6.45) is 3.66. The van der Waals surface area contributed by atoms with E-state index in [1.807, 2.05) is 0 Å². The van der Waals surface area contributed by atoms with Gasteiger partial charge in [-0.15, -0.1) is 0 Å². The van der Waals surface area contributed by atoms with E-state index in [-0.39, 0.29) is 5.60 Å². The van der Waals surface area contributed by atoms with Gasteiger partial charge in [0, 0.05) is 26.3 Å². The first-order valence-corrected chi connectivity index (χ1v) is 7.78. The third-order valence-electron chi connectivity index (χ3n) is 4.17. The fourth-order valence-corrected chi connectivity index (χ4v) is 2.67. The normalized spacial score (nSPS) is 23.7. The zero-order chi connectivity index (χ0) is 14.8. The Hall–Kier alpha value is -0.200. The van der Waals surface area contributed by atoms with Gasteiger partial charge in [-0.1, -0.05) is 13.8 Å².